The Bertz CT molecular complexity index is 879. The Morgan fingerprint density at radius 3 is 1.46 bits per heavy atom. The predicted octanol–water partition coefficient (Wildman–Crippen LogP) is 8.62. The standard InChI is InChI=1S/C39H68O7/c1-3-5-7-9-11-13-15-16-17-18-20-21-23-25-27-29-33(40)37(44)39(46,38(45)35(42)31-32-36(38)43)34(41)30-28-26-24-22-19-14-12-10-8-6-4-2/h10,12,37,44-46H,3-9,11,13-32H2,1-2H3/b12-10-. The maximum Gasteiger partial charge on any atom is 0.220 e. The van der Waals surface area contributed by atoms with Crippen LogP contribution in [-0.2, 0) is 19.2 Å². The Morgan fingerprint density at radius 1 is 0.630 bits per heavy atom. The Balaban J connectivity index is 2.45. The van der Waals surface area contributed by atoms with Crippen molar-refractivity contribution in [2.24, 2.45) is 0 Å². The fourth-order valence-electron chi connectivity index (χ4n) is 6.59. The maximum atomic E-state index is 13.3. The molecule has 1 rings (SSSR count). The Labute approximate surface area is 280 Å². The van der Waals surface area contributed by atoms with E-state index in [9.17, 15) is 34.5 Å². The second-order valence-corrected chi connectivity index (χ2v) is 13.7. The maximum absolute atomic E-state index is 13.3. The number of aliphatic hydroxyl groups excluding tert-OH is 1. The number of hydrogen-bond acceptors (Lipinski definition) is 7. The SMILES string of the molecule is CCCC/C=C\CCCCCCCC(=O)C(O)(C(O)C(=O)CCCCCCCCCCCCCCCCC)C1(O)C(=O)CCC1=O. The minimum Gasteiger partial charge on any atom is -0.382 e. The largest absolute Gasteiger partial charge is 0.382 e. The molecule has 1 aliphatic carbocycles. The monoisotopic (exact) mass is 648 g/mol. The zero-order valence-corrected chi connectivity index (χ0v) is 29.5. The van der Waals surface area contributed by atoms with E-state index >= 15 is 0 Å². The average molecular weight is 649 g/mol. The molecular formula is C39H68O7. The molecule has 0 aromatic heterocycles. The number of rotatable bonds is 31. The van der Waals surface area contributed by atoms with Crippen LogP contribution in [-0.4, -0.2) is 55.8 Å². The van der Waals surface area contributed by atoms with Crippen molar-refractivity contribution in [3.63, 3.8) is 0 Å². The molecule has 0 amide bonds. The van der Waals surface area contributed by atoms with Gasteiger partial charge in [-0.05, 0) is 32.1 Å². The summed E-state index contributed by atoms with van der Waals surface area (Å²) in [6.07, 6.45) is 27.0. The Kier molecular flexibility index (Phi) is 23.3. The molecule has 1 aliphatic rings. The van der Waals surface area contributed by atoms with E-state index in [0.29, 0.717) is 19.3 Å². The molecule has 0 aromatic carbocycles. The smallest absolute Gasteiger partial charge is 0.220 e. The summed E-state index contributed by atoms with van der Waals surface area (Å²) in [5, 5.41) is 33.6. The first-order chi connectivity index (χ1) is 22.2. The summed E-state index contributed by atoms with van der Waals surface area (Å²) < 4.78 is 0. The van der Waals surface area contributed by atoms with Crippen molar-refractivity contribution < 1.29 is 34.5 Å². The number of carbonyl (C=O) groups is 4. The van der Waals surface area contributed by atoms with Crippen LogP contribution in [0.25, 0.3) is 0 Å². The summed E-state index contributed by atoms with van der Waals surface area (Å²) in [4.78, 5) is 51.6. The van der Waals surface area contributed by atoms with Crippen LogP contribution in [0.5, 0.6) is 0 Å². The molecule has 0 heterocycles. The van der Waals surface area contributed by atoms with Gasteiger partial charge in [-0.2, -0.15) is 0 Å². The van der Waals surface area contributed by atoms with Gasteiger partial charge in [0.15, 0.2) is 34.8 Å². The summed E-state index contributed by atoms with van der Waals surface area (Å²) >= 11 is 0. The minimum absolute atomic E-state index is 0.0969. The lowest BCUT2D eigenvalue weighted by Gasteiger charge is -2.40. The molecule has 1 fully saturated rings. The minimum atomic E-state index is -3.16. The molecule has 0 aromatic rings. The third-order valence-corrected chi connectivity index (χ3v) is 9.76. The number of allylic oxidation sites excluding steroid dienone is 2. The highest BCUT2D eigenvalue weighted by Gasteiger charge is 2.69. The van der Waals surface area contributed by atoms with E-state index in [1.54, 1.807) is 0 Å². The third kappa shape index (κ3) is 14.6. The first-order valence-electron chi connectivity index (χ1n) is 19.1. The van der Waals surface area contributed by atoms with Crippen molar-refractivity contribution in [1.82, 2.24) is 0 Å². The van der Waals surface area contributed by atoms with Crippen LogP contribution < -0.4 is 0 Å². The van der Waals surface area contributed by atoms with E-state index in [-0.39, 0.29) is 25.7 Å². The molecule has 7 nitrogen and oxygen atoms in total. The first-order valence-corrected chi connectivity index (χ1v) is 19.1. The second kappa shape index (κ2) is 25.3. The number of unbranched alkanes of at least 4 members (excludes halogenated alkanes) is 21. The molecular weight excluding hydrogens is 580 g/mol. The summed E-state index contributed by atoms with van der Waals surface area (Å²) in [5.41, 5.74) is -6.24. The number of Topliss-reactive ketones (excluding diaryl/α,β-unsaturated/α-hetero) is 4. The molecule has 0 bridgehead atoms. The summed E-state index contributed by atoms with van der Waals surface area (Å²) in [6.45, 7) is 4.41. The van der Waals surface area contributed by atoms with Crippen molar-refractivity contribution in [3.05, 3.63) is 12.2 Å². The van der Waals surface area contributed by atoms with Crippen molar-refractivity contribution >= 4 is 23.1 Å². The number of ketones is 4. The molecule has 0 spiro atoms. The summed E-state index contributed by atoms with van der Waals surface area (Å²) in [5.74, 6) is -3.87. The molecule has 7 heteroatoms. The van der Waals surface area contributed by atoms with Crippen LogP contribution in [0.4, 0.5) is 0 Å². The van der Waals surface area contributed by atoms with Gasteiger partial charge in [0.05, 0.1) is 0 Å². The van der Waals surface area contributed by atoms with E-state index in [1.807, 2.05) is 0 Å². The number of aliphatic hydroxyl groups is 3. The van der Waals surface area contributed by atoms with Gasteiger partial charge >= 0.3 is 0 Å². The third-order valence-electron chi connectivity index (χ3n) is 9.76. The second-order valence-electron chi connectivity index (χ2n) is 13.7. The van der Waals surface area contributed by atoms with E-state index in [0.717, 1.165) is 57.8 Å². The zero-order chi connectivity index (χ0) is 34.1. The van der Waals surface area contributed by atoms with Crippen molar-refractivity contribution in [3.8, 4) is 0 Å². The molecule has 0 radical (unpaired) electrons. The van der Waals surface area contributed by atoms with Gasteiger partial charge in [0.2, 0.25) is 5.60 Å². The lowest BCUT2D eigenvalue weighted by molar-refractivity contribution is -0.202. The van der Waals surface area contributed by atoms with E-state index in [2.05, 4.69) is 26.0 Å². The van der Waals surface area contributed by atoms with Crippen LogP contribution in [0.1, 0.15) is 194 Å². The van der Waals surface area contributed by atoms with Gasteiger partial charge < -0.3 is 15.3 Å². The molecule has 0 aliphatic heterocycles. The van der Waals surface area contributed by atoms with Gasteiger partial charge in [0, 0.05) is 25.7 Å². The fraction of sp³-hybridized carbons (Fsp3) is 0.846. The molecule has 1 saturated carbocycles. The fourth-order valence-corrected chi connectivity index (χ4v) is 6.59. The van der Waals surface area contributed by atoms with Gasteiger partial charge in [-0.25, -0.2) is 0 Å². The summed E-state index contributed by atoms with van der Waals surface area (Å²) in [7, 11) is 0. The lowest BCUT2D eigenvalue weighted by atomic mass is 9.70. The highest BCUT2D eigenvalue weighted by atomic mass is 16.4. The molecule has 2 unspecified atom stereocenters. The van der Waals surface area contributed by atoms with Crippen LogP contribution in [0, 0.1) is 0 Å². The van der Waals surface area contributed by atoms with Crippen LogP contribution in [0.2, 0.25) is 0 Å². The van der Waals surface area contributed by atoms with Gasteiger partial charge in [0.25, 0.3) is 0 Å². The quantitative estimate of drug-likeness (QED) is 0.0390. The number of hydrogen-bond donors (Lipinski definition) is 3. The topological polar surface area (TPSA) is 129 Å². The van der Waals surface area contributed by atoms with Gasteiger partial charge in [-0.3, -0.25) is 19.2 Å². The van der Waals surface area contributed by atoms with E-state index < -0.39 is 40.4 Å². The molecule has 2 atom stereocenters. The van der Waals surface area contributed by atoms with E-state index in [1.165, 1.54) is 77.0 Å². The van der Waals surface area contributed by atoms with Crippen LogP contribution in [0.3, 0.4) is 0 Å². The van der Waals surface area contributed by atoms with Crippen molar-refractivity contribution in [2.45, 2.75) is 211 Å². The van der Waals surface area contributed by atoms with Crippen LogP contribution >= 0.6 is 0 Å². The molecule has 3 N–H and O–H groups in total. The molecule has 46 heavy (non-hydrogen) atoms. The highest BCUT2D eigenvalue weighted by molar-refractivity contribution is 6.21. The first kappa shape index (κ1) is 42.3. The molecule has 0 saturated heterocycles. The van der Waals surface area contributed by atoms with Crippen LogP contribution in [0.15, 0.2) is 12.2 Å². The number of carbonyl (C=O) groups excluding carboxylic acids is 4. The van der Waals surface area contributed by atoms with Crippen molar-refractivity contribution in [2.75, 3.05) is 0 Å². The Morgan fingerprint density at radius 2 is 1.00 bits per heavy atom. The molecule has 266 valence electrons. The van der Waals surface area contributed by atoms with E-state index in [4.69, 9.17) is 0 Å². The van der Waals surface area contributed by atoms with Crippen molar-refractivity contribution in [1.29, 1.82) is 0 Å². The lowest BCUT2D eigenvalue weighted by Crippen LogP contribution is -2.72. The predicted molar refractivity (Wildman–Crippen MR) is 186 cm³/mol. The average Bonchev–Trinajstić information content (AvgIpc) is 3.32. The normalized spacial score (nSPS) is 16.7. The highest BCUT2D eigenvalue weighted by Crippen LogP contribution is 2.38. The zero-order valence-electron chi connectivity index (χ0n) is 29.5. The Hall–Kier alpha value is -1.70. The summed E-state index contributed by atoms with van der Waals surface area (Å²) in [6, 6.07) is 0. The van der Waals surface area contributed by atoms with Gasteiger partial charge in [-0.1, -0.05) is 148 Å². The van der Waals surface area contributed by atoms with Gasteiger partial charge in [0.1, 0.15) is 0 Å². The van der Waals surface area contributed by atoms with Gasteiger partial charge in [-0.15, -0.1) is 0 Å².